The first-order valence-electron chi connectivity index (χ1n) is 20.0. The molecule has 0 heterocycles. The molecule has 4 rings (SSSR count). The summed E-state index contributed by atoms with van der Waals surface area (Å²) in [7, 11) is 0. The minimum absolute atomic E-state index is 0.0427. The summed E-state index contributed by atoms with van der Waals surface area (Å²) < 4.78 is 33.3. The maximum atomic E-state index is 13.0. The Morgan fingerprint density at radius 1 is 0.569 bits per heavy atom. The van der Waals surface area contributed by atoms with Crippen LogP contribution in [0, 0.1) is 0 Å². The summed E-state index contributed by atoms with van der Waals surface area (Å²) in [6.45, 7) is 12.4. The van der Waals surface area contributed by atoms with Crippen molar-refractivity contribution in [2.75, 3.05) is 65.9 Å². The van der Waals surface area contributed by atoms with Gasteiger partial charge in [0.05, 0.1) is 26.4 Å². The Morgan fingerprint density at radius 2 is 0.966 bits per heavy atom. The number of ether oxygens (including phenoxy) is 6. The maximum Gasteiger partial charge on any atom is 0.417 e. The van der Waals surface area contributed by atoms with Gasteiger partial charge < -0.3 is 39.1 Å². The zero-order valence-electron chi connectivity index (χ0n) is 34.1. The minimum atomic E-state index is -1.06. The van der Waals surface area contributed by atoms with E-state index in [1.165, 1.54) is 0 Å². The highest BCUT2D eigenvalue weighted by molar-refractivity contribution is 6.31. The van der Waals surface area contributed by atoms with Crippen molar-refractivity contribution in [3.05, 3.63) is 129 Å². The number of rotatable bonds is 26. The summed E-state index contributed by atoms with van der Waals surface area (Å²) in [6, 6.07) is 31.0. The third kappa shape index (κ3) is 17.4. The third-order valence-corrected chi connectivity index (χ3v) is 9.87. The average molecular weight is 838 g/mol. The van der Waals surface area contributed by atoms with E-state index in [1.54, 1.807) is 12.1 Å². The summed E-state index contributed by atoms with van der Waals surface area (Å²) in [5.74, 6) is -1.06. The lowest BCUT2D eigenvalue weighted by Crippen LogP contribution is -2.35. The second kappa shape index (κ2) is 26.0. The van der Waals surface area contributed by atoms with Gasteiger partial charge in [-0.05, 0) is 111 Å². The molecule has 0 radical (unpaired) electrons. The van der Waals surface area contributed by atoms with Crippen LogP contribution in [0.25, 0.3) is 0 Å². The lowest BCUT2D eigenvalue weighted by atomic mass is 9.99. The SMILES string of the molecule is CCOCCOc1ccc(C[C@@H](C)NC[C@@H](COC(=O)C(=O)OC[C@H](CN[C@H](C)Cc2ccc(OCCOCC)cc2)c2cccc(Cl)c2)c2cccc(Cl)c2)cc1. The Hall–Kier alpha value is -4.16. The fourth-order valence-corrected chi connectivity index (χ4v) is 6.64. The zero-order valence-corrected chi connectivity index (χ0v) is 35.6. The van der Waals surface area contributed by atoms with E-state index in [-0.39, 0.29) is 37.1 Å². The molecular weight excluding hydrogens is 779 g/mol. The molecule has 0 spiro atoms. The molecule has 12 heteroatoms. The van der Waals surface area contributed by atoms with Gasteiger partial charge in [-0.25, -0.2) is 9.59 Å². The summed E-state index contributed by atoms with van der Waals surface area (Å²) in [6.07, 6.45) is 1.54. The van der Waals surface area contributed by atoms with Gasteiger partial charge in [0.2, 0.25) is 0 Å². The second-order valence-corrected chi connectivity index (χ2v) is 15.0. The smallest absolute Gasteiger partial charge is 0.417 e. The van der Waals surface area contributed by atoms with Crippen molar-refractivity contribution in [3.8, 4) is 11.5 Å². The third-order valence-electron chi connectivity index (χ3n) is 9.40. The van der Waals surface area contributed by atoms with E-state index in [0.29, 0.717) is 62.8 Å². The number of carbonyl (C=O) groups is 2. The predicted octanol–water partition coefficient (Wildman–Crippen LogP) is 8.22. The van der Waals surface area contributed by atoms with Crippen molar-refractivity contribution in [3.63, 3.8) is 0 Å². The van der Waals surface area contributed by atoms with Crippen LogP contribution in [0.2, 0.25) is 10.0 Å². The summed E-state index contributed by atoms with van der Waals surface area (Å²) in [4.78, 5) is 26.0. The Kier molecular flexibility index (Phi) is 20.9. The van der Waals surface area contributed by atoms with Gasteiger partial charge in [0.15, 0.2) is 0 Å². The van der Waals surface area contributed by atoms with Crippen molar-refractivity contribution in [2.45, 2.75) is 64.5 Å². The minimum Gasteiger partial charge on any atom is -0.491 e. The molecule has 0 aromatic heterocycles. The monoisotopic (exact) mass is 836 g/mol. The van der Waals surface area contributed by atoms with Crippen LogP contribution in [-0.4, -0.2) is 90.0 Å². The maximum absolute atomic E-state index is 13.0. The molecule has 0 amide bonds. The van der Waals surface area contributed by atoms with E-state index in [2.05, 4.69) is 24.5 Å². The van der Waals surface area contributed by atoms with Crippen LogP contribution in [-0.2, 0) is 41.4 Å². The summed E-state index contributed by atoms with van der Waals surface area (Å²) >= 11 is 12.7. The summed E-state index contributed by atoms with van der Waals surface area (Å²) in [5.41, 5.74) is 4.06. The lowest BCUT2D eigenvalue weighted by Gasteiger charge is -2.22. The van der Waals surface area contributed by atoms with Crippen LogP contribution in [0.4, 0.5) is 0 Å². The lowest BCUT2D eigenvalue weighted by molar-refractivity contribution is -0.168. The molecule has 58 heavy (non-hydrogen) atoms. The van der Waals surface area contributed by atoms with Gasteiger partial charge in [-0.1, -0.05) is 71.7 Å². The molecule has 0 unspecified atom stereocenters. The van der Waals surface area contributed by atoms with E-state index >= 15 is 0 Å². The highest BCUT2D eigenvalue weighted by Gasteiger charge is 2.24. The van der Waals surface area contributed by atoms with Gasteiger partial charge >= 0.3 is 11.9 Å². The molecule has 0 fully saturated rings. The molecule has 0 bridgehead atoms. The predicted molar refractivity (Wildman–Crippen MR) is 230 cm³/mol. The molecule has 0 saturated heterocycles. The number of carbonyl (C=O) groups excluding carboxylic acids is 2. The Balaban J connectivity index is 1.28. The standard InChI is InChI=1S/C46H58Cl2N2O8/c1-5-53-21-23-55-43-17-13-35(14-18-43)25-33(3)49-29-39(37-9-7-11-41(47)27-37)31-57-45(51)46(52)58-32-40(38-10-8-12-42(48)28-38)30-50-34(4)26-36-15-19-44(20-16-36)56-24-22-54-6-2/h7-20,27-28,33-34,39-40,49-50H,5-6,21-26,29-32H2,1-4H3/t33-,34-,39+,40+/m1/s1. The fraction of sp³-hybridized carbons (Fsp3) is 0.435. The van der Waals surface area contributed by atoms with Crippen LogP contribution >= 0.6 is 23.2 Å². The summed E-state index contributed by atoms with van der Waals surface area (Å²) in [5, 5.41) is 8.24. The average Bonchev–Trinajstić information content (AvgIpc) is 3.22. The molecule has 314 valence electrons. The van der Waals surface area contributed by atoms with E-state index in [9.17, 15) is 9.59 Å². The molecule has 0 aliphatic heterocycles. The van der Waals surface area contributed by atoms with Gasteiger partial charge in [0.25, 0.3) is 0 Å². The molecule has 2 N–H and O–H groups in total. The van der Waals surface area contributed by atoms with E-state index in [0.717, 1.165) is 46.6 Å². The number of hydrogen-bond acceptors (Lipinski definition) is 10. The van der Waals surface area contributed by atoms with Gasteiger partial charge in [-0.2, -0.15) is 0 Å². The van der Waals surface area contributed by atoms with Crippen LogP contribution in [0.15, 0.2) is 97.1 Å². The molecular formula is C46H58Cl2N2O8. The van der Waals surface area contributed by atoms with E-state index in [1.807, 2.05) is 98.8 Å². The van der Waals surface area contributed by atoms with Crippen LogP contribution in [0.3, 0.4) is 0 Å². The molecule has 4 atom stereocenters. The van der Waals surface area contributed by atoms with Crippen molar-refractivity contribution in [1.29, 1.82) is 0 Å². The van der Waals surface area contributed by atoms with Crippen molar-refractivity contribution in [2.24, 2.45) is 0 Å². The largest absolute Gasteiger partial charge is 0.491 e. The normalized spacial score (nSPS) is 13.3. The molecule has 10 nitrogen and oxygen atoms in total. The fourth-order valence-electron chi connectivity index (χ4n) is 6.24. The Bertz CT molecular complexity index is 1660. The number of benzene rings is 4. The van der Waals surface area contributed by atoms with Gasteiger partial charge in [0, 0.05) is 60.3 Å². The number of esters is 2. The first-order valence-corrected chi connectivity index (χ1v) is 20.8. The first kappa shape index (κ1) is 46.5. The molecule has 4 aromatic rings. The highest BCUT2D eigenvalue weighted by Crippen LogP contribution is 2.23. The quantitative estimate of drug-likeness (QED) is 0.0365. The zero-order chi connectivity index (χ0) is 41.5. The topological polar surface area (TPSA) is 114 Å². The van der Waals surface area contributed by atoms with Crippen LogP contribution in [0.5, 0.6) is 11.5 Å². The van der Waals surface area contributed by atoms with Crippen LogP contribution < -0.4 is 20.1 Å². The van der Waals surface area contributed by atoms with Gasteiger partial charge in [-0.3, -0.25) is 0 Å². The molecule has 0 aliphatic carbocycles. The van der Waals surface area contributed by atoms with Crippen molar-refractivity contribution < 1.29 is 38.0 Å². The van der Waals surface area contributed by atoms with Crippen molar-refractivity contribution in [1.82, 2.24) is 10.6 Å². The Labute approximate surface area is 353 Å². The molecule has 0 saturated carbocycles. The Morgan fingerprint density at radius 3 is 1.33 bits per heavy atom. The van der Waals surface area contributed by atoms with Gasteiger partial charge in [0.1, 0.15) is 24.7 Å². The van der Waals surface area contributed by atoms with E-state index < -0.39 is 11.9 Å². The highest BCUT2D eigenvalue weighted by atomic mass is 35.5. The molecule has 0 aliphatic rings. The van der Waals surface area contributed by atoms with Crippen LogP contribution in [0.1, 0.15) is 61.8 Å². The number of hydrogen-bond donors (Lipinski definition) is 2. The molecule has 4 aromatic carbocycles. The van der Waals surface area contributed by atoms with E-state index in [4.69, 9.17) is 51.6 Å². The number of nitrogens with one attached hydrogen (secondary N) is 2. The first-order chi connectivity index (χ1) is 28.1. The second-order valence-electron chi connectivity index (χ2n) is 14.1. The number of halogens is 2. The van der Waals surface area contributed by atoms with Gasteiger partial charge in [-0.15, -0.1) is 0 Å². The van der Waals surface area contributed by atoms with Crippen molar-refractivity contribution >= 4 is 35.1 Å².